The molecule has 3 aromatic rings. The van der Waals surface area contributed by atoms with Crippen LogP contribution in [0.1, 0.15) is 25.3 Å². The van der Waals surface area contributed by atoms with Crippen LogP contribution in [0.15, 0.2) is 60.7 Å². The molecule has 104 valence electrons. The van der Waals surface area contributed by atoms with E-state index >= 15 is 0 Å². The molecule has 0 aliphatic heterocycles. The monoisotopic (exact) mass is 306 g/mol. The highest BCUT2D eigenvalue weighted by molar-refractivity contribution is 7.58. The fourth-order valence-electron chi connectivity index (χ4n) is 2.75. The van der Waals surface area contributed by atoms with E-state index in [1.54, 1.807) is 0 Å². The van der Waals surface area contributed by atoms with Crippen LogP contribution in [0, 0.1) is 0 Å². The first kappa shape index (κ1) is 14.5. The Balaban J connectivity index is 2.20. The average molecular weight is 306 g/mol. The zero-order valence-electron chi connectivity index (χ0n) is 12.4. The molecule has 0 fully saturated rings. The smallest absolute Gasteiger partial charge is 0.109 e. The second-order valence-corrected chi connectivity index (χ2v) is 7.32. The molecule has 0 heterocycles. The van der Waals surface area contributed by atoms with Gasteiger partial charge in [-0.3, -0.25) is 0 Å². The van der Waals surface area contributed by atoms with Crippen LogP contribution in [0.2, 0.25) is 0 Å². The molecule has 0 saturated carbocycles. The molecule has 0 N–H and O–H groups in total. The van der Waals surface area contributed by atoms with Crippen molar-refractivity contribution in [3.05, 3.63) is 66.2 Å². The lowest BCUT2D eigenvalue weighted by atomic mass is 9.95. The van der Waals surface area contributed by atoms with Crippen molar-refractivity contribution in [1.82, 2.24) is 0 Å². The van der Waals surface area contributed by atoms with Gasteiger partial charge in [0, 0.05) is 0 Å². The molecule has 2 heteroatoms. The van der Waals surface area contributed by atoms with Gasteiger partial charge in [0.05, 0.1) is 0 Å². The van der Waals surface area contributed by atoms with E-state index in [1.807, 2.05) is 0 Å². The van der Waals surface area contributed by atoms with Gasteiger partial charge < -0.3 is 0 Å². The van der Waals surface area contributed by atoms with Crippen molar-refractivity contribution >= 4 is 33.9 Å². The minimum Gasteiger partial charge on any atom is -0.148 e. The lowest BCUT2D eigenvalue weighted by molar-refractivity contribution is 0.867. The zero-order valence-corrected chi connectivity index (χ0v) is 14.6. The quantitative estimate of drug-likeness (QED) is 0.484. The van der Waals surface area contributed by atoms with E-state index in [-0.39, 0.29) is 0 Å². The van der Waals surface area contributed by atoms with E-state index in [2.05, 4.69) is 83.3 Å². The van der Waals surface area contributed by atoms with Gasteiger partial charge in [-0.05, 0) is 33.4 Å². The summed E-state index contributed by atoms with van der Waals surface area (Å²) in [5.41, 5.74) is 4.04. The van der Waals surface area contributed by atoms with E-state index in [4.69, 9.17) is 0 Å². The van der Waals surface area contributed by atoms with Gasteiger partial charge in [-0.1, -0.05) is 79.7 Å². The molecule has 3 aromatic carbocycles. The third kappa shape index (κ3) is 2.81. The van der Waals surface area contributed by atoms with Crippen molar-refractivity contribution < 1.29 is 0 Å². The zero-order chi connectivity index (χ0) is 14.8. The molecule has 0 amide bonds. The van der Waals surface area contributed by atoms with E-state index in [0.29, 0.717) is 5.92 Å². The van der Waals surface area contributed by atoms with Crippen molar-refractivity contribution in [2.75, 3.05) is 0 Å². The summed E-state index contributed by atoms with van der Waals surface area (Å²) >= 11 is 0. The van der Waals surface area contributed by atoms with Crippen molar-refractivity contribution in [3.63, 3.8) is 0 Å². The fourth-order valence-corrected chi connectivity index (χ4v) is 4.09. The number of fused-ring (bicyclic) bond motifs is 1. The highest BCUT2D eigenvalue weighted by Crippen LogP contribution is 2.28. The Morgan fingerprint density at radius 1 is 0.857 bits per heavy atom. The summed E-state index contributed by atoms with van der Waals surface area (Å²) in [4.78, 5) is 0. The Kier molecular flexibility index (Phi) is 4.23. The summed E-state index contributed by atoms with van der Waals surface area (Å²) in [6.45, 7) is 4.47. The Hall–Kier alpha value is -1.43. The largest absolute Gasteiger partial charge is 0.148 e. The first-order valence-electron chi connectivity index (χ1n) is 7.29. The van der Waals surface area contributed by atoms with Gasteiger partial charge in [0.25, 0.3) is 0 Å². The van der Waals surface area contributed by atoms with Gasteiger partial charge in [-0.25, -0.2) is 0 Å². The first-order valence-corrected chi connectivity index (χ1v) is 10.1. The van der Waals surface area contributed by atoms with Gasteiger partial charge >= 0.3 is 0 Å². The summed E-state index contributed by atoms with van der Waals surface area (Å²) < 4.78 is 0. The third-order valence-corrected chi connectivity index (χ3v) is 5.61. The molecule has 0 bridgehead atoms. The third-order valence-electron chi connectivity index (χ3n) is 3.95. The second-order valence-electron chi connectivity index (χ2n) is 5.63. The number of hydrogen-bond donors (Lipinski definition) is 0. The Morgan fingerprint density at radius 3 is 2.14 bits per heavy atom. The molecule has 3 rings (SSSR count). The minimum absolute atomic E-state index is 0.579. The topological polar surface area (TPSA) is 0 Å². The maximum atomic E-state index is 2.87. The molecule has 21 heavy (non-hydrogen) atoms. The molecule has 1 atom stereocenters. The first-order chi connectivity index (χ1) is 10.2. The van der Waals surface area contributed by atoms with Gasteiger partial charge in [0.15, 0.2) is 0 Å². The Morgan fingerprint density at radius 2 is 1.52 bits per heavy atom. The van der Waals surface area contributed by atoms with Crippen LogP contribution in [0.25, 0.3) is 21.9 Å². The summed E-state index contributed by atoms with van der Waals surface area (Å²) in [6.07, 6.45) is 0. The molecule has 0 nitrogen and oxygen atoms in total. The molecule has 0 aliphatic carbocycles. The lowest BCUT2D eigenvalue weighted by Crippen LogP contribution is -2.10. The lowest BCUT2D eigenvalue weighted by Gasteiger charge is -2.12. The van der Waals surface area contributed by atoms with Crippen molar-refractivity contribution in [2.45, 2.75) is 19.8 Å². The van der Waals surface area contributed by atoms with E-state index in [0.717, 1.165) is 9.19 Å². The molecule has 0 aromatic heterocycles. The van der Waals surface area contributed by atoms with Crippen LogP contribution < -0.4 is 5.19 Å². The van der Waals surface area contributed by atoms with E-state index in [9.17, 15) is 0 Å². The predicted octanol–water partition coefficient (Wildman–Crippen LogP) is 4.75. The molecule has 0 aliphatic rings. The van der Waals surface area contributed by atoms with Gasteiger partial charge in [0.2, 0.25) is 0 Å². The molecule has 2 radical (unpaired) electrons. The fraction of sp³-hybridized carbons (Fsp3) is 0.158. The molecular weight excluding hydrogens is 287 g/mol. The number of benzene rings is 3. The predicted molar refractivity (Wildman–Crippen MR) is 98.6 cm³/mol. The summed E-state index contributed by atoms with van der Waals surface area (Å²) in [5.74, 6) is 0.579. The van der Waals surface area contributed by atoms with Crippen LogP contribution in [-0.4, -0.2) is 9.19 Å². The maximum Gasteiger partial charge on any atom is 0.109 e. The number of hydrogen-bond acceptors (Lipinski definition) is 0. The molecular formula is C19H19PSi. The minimum atomic E-state index is 0.579. The molecule has 1 unspecified atom stereocenters. The van der Waals surface area contributed by atoms with Crippen LogP contribution in [0.3, 0.4) is 0 Å². The highest BCUT2D eigenvalue weighted by atomic mass is 31.3. The van der Waals surface area contributed by atoms with Crippen molar-refractivity contribution in [1.29, 1.82) is 0 Å². The summed E-state index contributed by atoms with van der Waals surface area (Å²) in [5, 5.41) is 4.14. The summed E-state index contributed by atoms with van der Waals surface area (Å²) in [7, 11) is 3.61. The molecule has 0 spiro atoms. The SMILES string of the molecule is CC(C)c1ccc(-c2cccc3cccc([Si]P)c23)cc1. The van der Waals surface area contributed by atoms with Crippen LogP contribution in [0.5, 0.6) is 0 Å². The average Bonchev–Trinajstić information content (AvgIpc) is 2.53. The normalized spacial score (nSPS) is 11.2. The number of rotatable bonds is 3. The standard InChI is InChI=1S/C19H19PSi/c1-13(2)14-9-11-15(12-10-14)17-7-3-5-16-6-4-8-18(21-20)19(16)17/h3-13H,20H2,1-2H3. The summed E-state index contributed by atoms with van der Waals surface area (Å²) in [6, 6.07) is 22.2. The highest BCUT2D eigenvalue weighted by Gasteiger charge is 2.08. The van der Waals surface area contributed by atoms with E-state index in [1.165, 1.54) is 32.6 Å². The van der Waals surface area contributed by atoms with Gasteiger partial charge in [0.1, 0.15) is 9.19 Å². The van der Waals surface area contributed by atoms with Gasteiger partial charge in [-0.15, -0.1) is 8.79 Å². The van der Waals surface area contributed by atoms with E-state index < -0.39 is 0 Å². The van der Waals surface area contributed by atoms with Crippen LogP contribution in [0.4, 0.5) is 0 Å². The Labute approximate surface area is 131 Å². The Bertz CT molecular complexity index is 755. The second kappa shape index (κ2) is 6.13. The molecule has 0 saturated heterocycles. The van der Waals surface area contributed by atoms with Crippen molar-refractivity contribution in [2.24, 2.45) is 0 Å². The van der Waals surface area contributed by atoms with Crippen LogP contribution in [-0.2, 0) is 0 Å². The van der Waals surface area contributed by atoms with Crippen LogP contribution >= 0.6 is 8.79 Å². The maximum absolute atomic E-state index is 2.87. The van der Waals surface area contributed by atoms with Gasteiger partial charge in [-0.2, -0.15) is 0 Å². The van der Waals surface area contributed by atoms with Crippen molar-refractivity contribution in [3.8, 4) is 11.1 Å².